The topological polar surface area (TPSA) is 70.2 Å². The average molecular weight is 289 g/mol. The van der Waals surface area contributed by atoms with E-state index in [2.05, 4.69) is 16.0 Å². The maximum absolute atomic E-state index is 11.8. The Balaban J connectivity index is 2.06. The third kappa shape index (κ3) is 4.21. The van der Waals surface area contributed by atoms with Crippen molar-refractivity contribution in [3.05, 3.63) is 29.3 Å². The molecule has 1 aliphatic rings. The second kappa shape index (κ2) is 7.11. The van der Waals surface area contributed by atoms with Crippen molar-refractivity contribution in [1.82, 2.24) is 10.6 Å². The number of carbonyl (C=O) groups is 2. The second-order valence-electron chi connectivity index (χ2n) is 5.43. The van der Waals surface area contributed by atoms with Crippen molar-refractivity contribution in [3.8, 4) is 0 Å². The van der Waals surface area contributed by atoms with E-state index in [4.69, 9.17) is 0 Å². The number of hydrogen-bond acceptors (Lipinski definition) is 3. The van der Waals surface area contributed by atoms with Gasteiger partial charge in [0.25, 0.3) is 5.91 Å². The summed E-state index contributed by atoms with van der Waals surface area (Å²) in [5.41, 5.74) is 2.67. The Morgan fingerprint density at radius 3 is 2.95 bits per heavy atom. The van der Waals surface area contributed by atoms with E-state index in [0.29, 0.717) is 18.5 Å². The molecule has 1 aromatic carbocycles. The minimum absolute atomic E-state index is 0.0546. The number of rotatable bonds is 4. The zero-order chi connectivity index (χ0) is 15.2. The van der Waals surface area contributed by atoms with E-state index in [9.17, 15) is 9.59 Å². The van der Waals surface area contributed by atoms with Gasteiger partial charge >= 0.3 is 0 Å². The van der Waals surface area contributed by atoms with Gasteiger partial charge in [0.2, 0.25) is 5.91 Å². The first-order valence-corrected chi connectivity index (χ1v) is 7.52. The number of amides is 2. The molecule has 1 fully saturated rings. The van der Waals surface area contributed by atoms with E-state index in [-0.39, 0.29) is 17.9 Å². The van der Waals surface area contributed by atoms with Gasteiger partial charge in [-0.15, -0.1) is 0 Å². The van der Waals surface area contributed by atoms with Crippen LogP contribution >= 0.6 is 0 Å². The van der Waals surface area contributed by atoms with Crippen LogP contribution in [0.25, 0.3) is 0 Å². The van der Waals surface area contributed by atoms with Crippen LogP contribution in [0.5, 0.6) is 0 Å². The average Bonchev–Trinajstić information content (AvgIpc) is 2.65. The molecule has 0 saturated carbocycles. The van der Waals surface area contributed by atoms with Crippen LogP contribution in [0.2, 0.25) is 0 Å². The summed E-state index contributed by atoms with van der Waals surface area (Å²) in [6.07, 6.45) is 2.45. The first-order chi connectivity index (χ1) is 10.1. The first kappa shape index (κ1) is 15.4. The van der Waals surface area contributed by atoms with Gasteiger partial charge in [0.1, 0.15) is 0 Å². The molecule has 5 heteroatoms. The van der Waals surface area contributed by atoms with Gasteiger partial charge in [-0.25, -0.2) is 0 Å². The van der Waals surface area contributed by atoms with Gasteiger partial charge in [0.15, 0.2) is 0 Å². The third-order valence-corrected chi connectivity index (χ3v) is 3.67. The van der Waals surface area contributed by atoms with Crippen LogP contribution < -0.4 is 16.0 Å². The van der Waals surface area contributed by atoms with Gasteiger partial charge in [0.05, 0.1) is 0 Å². The van der Waals surface area contributed by atoms with Crippen LogP contribution in [-0.2, 0) is 4.79 Å². The smallest absolute Gasteiger partial charge is 0.251 e. The molecule has 114 valence electrons. The number of nitrogens with one attached hydrogen (secondary N) is 3. The molecule has 21 heavy (non-hydrogen) atoms. The molecule has 0 bridgehead atoms. The van der Waals surface area contributed by atoms with Crippen LogP contribution in [0.3, 0.4) is 0 Å². The molecule has 0 aromatic heterocycles. The summed E-state index contributed by atoms with van der Waals surface area (Å²) in [5.74, 6) is 0.0441. The Hall–Kier alpha value is -2.04. The molecule has 1 unspecified atom stereocenters. The van der Waals surface area contributed by atoms with Gasteiger partial charge in [0, 0.05) is 36.8 Å². The SMILES string of the molecule is CCNC(=O)c1ccc(NC2CCCNC(=O)C2)c(C)c1. The standard InChI is InChI=1S/C16H23N3O2/c1-3-17-16(21)12-6-7-14(11(2)9-12)19-13-5-4-8-18-15(20)10-13/h6-7,9,13,19H,3-5,8,10H2,1-2H3,(H,17,21)(H,18,20). The summed E-state index contributed by atoms with van der Waals surface area (Å²) >= 11 is 0. The quantitative estimate of drug-likeness (QED) is 0.792. The molecule has 2 rings (SSSR count). The van der Waals surface area contributed by atoms with Gasteiger partial charge in [-0.05, 0) is 50.5 Å². The highest BCUT2D eigenvalue weighted by molar-refractivity contribution is 5.94. The lowest BCUT2D eigenvalue weighted by Gasteiger charge is -2.18. The molecule has 3 N–H and O–H groups in total. The lowest BCUT2D eigenvalue weighted by molar-refractivity contribution is -0.120. The van der Waals surface area contributed by atoms with Crippen molar-refractivity contribution in [2.75, 3.05) is 18.4 Å². The van der Waals surface area contributed by atoms with E-state index < -0.39 is 0 Å². The fraction of sp³-hybridized carbons (Fsp3) is 0.500. The molecule has 1 saturated heterocycles. The molecule has 5 nitrogen and oxygen atoms in total. The first-order valence-electron chi connectivity index (χ1n) is 7.52. The Morgan fingerprint density at radius 2 is 2.24 bits per heavy atom. The van der Waals surface area contributed by atoms with E-state index in [1.165, 1.54) is 0 Å². The molecule has 0 aliphatic carbocycles. The Morgan fingerprint density at radius 1 is 1.43 bits per heavy atom. The normalized spacial score (nSPS) is 18.6. The minimum Gasteiger partial charge on any atom is -0.382 e. The zero-order valence-electron chi connectivity index (χ0n) is 12.7. The van der Waals surface area contributed by atoms with Crippen LogP contribution in [0, 0.1) is 6.92 Å². The van der Waals surface area contributed by atoms with Crippen LogP contribution in [0.4, 0.5) is 5.69 Å². The summed E-state index contributed by atoms with van der Waals surface area (Å²) < 4.78 is 0. The van der Waals surface area contributed by atoms with Gasteiger partial charge in [-0.1, -0.05) is 0 Å². The van der Waals surface area contributed by atoms with Gasteiger partial charge in [-0.2, -0.15) is 0 Å². The molecule has 1 atom stereocenters. The lowest BCUT2D eigenvalue weighted by Crippen LogP contribution is -2.27. The zero-order valence-corrected chi connectivity index (χ0v) is 12.7. The summed E-state index contributed by atoms with van der Waals surface area (Å²) in [5, 5.41) is 9.10. The van der Waals surface area contributed by atoms with E-state index in [0.717, 1.165) is 30.6 Å². The molecule has 1 heterocycles. The van der Waals surface area contributed by atoms with Crippen molar-refractivity contribution in [1.29, 1.82) is 0 Å². The van der Waals surface area contributed by atoms with Crippen molar-refractivity contribution < 1.29 is 9.59 Å². The van der Waals surface area contributed by atoms with Crippen molar-refractivity contribution in [3.63, 3.8) is 0 Å². The van der Waals surface area contributed by atoms with E-state index in [1.807, 2.05) is 32.0 Å². The predicted molar refractivity (Wildman–Crippen MR) is 83.5 cm³/mol. The summed E-state index contributed by atoms with van der Waals surface area (Å²) in [4.78, 5) is 23.4. The Kier molecular flexibility index (Phi) is 5.20. The fourth-order valence-electron chi connectivity index (χ4n) is 2.55. The summed E-state index contributed by atoms with van der Waals surface area (Å²) in [6.45, 7) is 5.25. The van der Waals surface area contributed by atoms with Gasteiger partial charge in [-0.3, -0.25) is 9.59 Å². The predicted octanol–water partition coefficient (Wildman–Crippen LogP) is 1.83. The van der Waals surface area contributed by atoms with Crippen LogP contribution in [0.1, 0.15) is 42.1 Å². The maximum Gasteiger partial charge on any atom is 0.251 e. The highest BCUT2D eigenvalue weighted by Crippen LogP contribution is 2.20. The number of anilines is 1. The number of carbonyl (C=O) groups excluding carboxylic acids is 2. The van der Waals surface area contributed by atoms with Gasteiger partial charge < -0.3 is 16.0 Å². The molecule has 1 aliphatic heterocycles. The van der Waals surface area contributed by atoms with Crippen molar-refractivity contribution >= 4 is 17.5 Å². The van der Waals surface area contributed by atoms with Crippen LogP contribution in [0.15, 0.2) is 18.2 Å². The minimum atomic E-state index is -0.0546. The highest BCUT2D eigenvalue weighted by Gasteiger charge is 2.18. The maximum atomic E-state index is 11.8. The summed E-state index contributed by atoms with van der Waals surface area (Å²) in [6, 6.07) is 5.77. The van der Waals surface area contributed by atoms with Crippen molar-refractivity contribution in [2.45, 2.75) is 39.2 Å². The largest absolute Gasteiger partial charge is 0.382 e. The molecular weight excluding hydrogens is 266 g/mol. The molecular formula is C16H23N3O2. The Bertz CT molecular complexity index is 528. The molecule has 1 aromatic rings. The summed E-state index contributed by atoms with van der Waals surface area (Å²) in [7, 11) is 0. The van der Waals surface area contributed by atoms with E-state index >= 15 is 0 Å². The van der Waals surface area contributed by atoms with Crippen LogP contribution in [-0.4, -0.2) is 30.9 Å². The highest BCUT2D eigenvalue weighted by atomic mass is 16.2. The molecule has 0 radical (unpaired) electrons. The number of benzene rings is 1. The third-order valence-electron chi connectivity index (χ3n) is 3.67. The fourth-order valence-corrected chi connectivity index (χ4v) is 2.55. The van der Waals surface area contributed by atoms with Crippen molar-refractivity contribution in [2.24, 2.45) is 0 Å². The number of hydrogen-bond donors (Lipinski definition) is 3. The lowest BCUT2D eigenvalue weighted by atomic mass is 10.1. The number of aryl methyl sites for hydroxylation is 1. The molecule has 2 amide bonds. The molecule has 0 spiro atoms. The second-order valence-corrected chi connectivity index (χ2v) is 5.43. The monoisotopic (exact) mass is 289 g/mol. The Labute approximate surface area is 125 Å². The van der Waals surface area contributed by atoms with E-state index in [1.54, 1.807) is 0 Å².